The van der Waals surface area contributed by atoms with E-state index in [1.165, 1.54) is 19.3 Å². The van der Waals surface area contributed by atoms with Crippen LogP contribution in [0.25, 0.3) is 0 Å². The lowest BCUT2D eigenvalue weighted by Gasteiger charge is -2.39. The maximum absolute atomic E-state index is 12.7. The number of piperazine rings is 1. The predicted molar refractivity (Wildman–Crippen MR) is 120 cm³/mol. The largest absolute Gasteiger partial charge is 0.371 e. The van der Waals surface area contributed by atoms with Crippen molar-refractivity contribution < 1.29 is 9.59 Å². The average molecular weight is 424 g/mol. The molecule has 3 amide bonds. The molecule has 31 heavy (non-hydrogen) atoms. The maximum atomic E-state index is 12.7. The second-order valence-corrected chi connectivity index (χ2v) is 9.02. The molecule has 0 unspecified atom stereocenters. The van der Waals surface area contributed by atoms with Crippen molar-refractivity contribution in [1.82, 2.24) is 15.1 Å². The quantitative estimate of drug-likeness (QED) is 0.811. The smallest absolute Gasteiger partial charge is 0.317 e. The molecule has 0 aromatic heterocycles. The molecule has 1 N–H and O–H groups in total. The maximum Gasteiger partial charge on any atom is 0.317 e. The van der Waals surface area contributed by atoms with Gasteiger partial charge in [0.05, 0.1) is 11.6 Å². The predicted octanol–water partition coefficient (Wildman–Crippen LogP) is 2.96. The first-order valence-corrected chi connectivity index (χ1v) is 11.7. The summed E-state index contributed by atoms with van der Waals surface area (Å²) in [4.78, 5) is 31.6. The number of benzene rings is 1. The molecule has 3 fully saturated rings. The van der Waals surface area contributed by atoms with Gasteiger partial charge in [-0.25, -0.2) is 4.79 Å². The van der Waals surface area contributed by atoms with Gasteiger partial charge in [0, 0.05) is 56.9 Å². The lowest BCUT2D eigenvalue weighted by atomic mass is 9.88. The van der Waals surface area contributed by atoms with Gasteiger partial charge in [0.25, 0.3) is 0 Å². The summed E-state index contributed by atoms with van der Waals surface area (Å²) in [6.45, 7) is 4.32. The van der Waals surface area contributed by atoms with Crippen LogP contribution >= 0.6 is 0 Å². The van der Waals surface area contributed by atoms with Crippen LogP contribution in [0.5, 0.6) is 0 Å². The number of anilines is 1. The first kappa shape index (κ1) is 21.5. The molecule has 0 spiro atoms. The summed E-state index contributed by atoms with van der Waals surface area (Å²) >= 11 is 0. The number of nitriles is 1. The molecule has 2 heterocycles. The summed E-state index contributed by atoms with van der Waals surface area (Å²) in [7, 11) is 0. The van der Waals surface area contributed by atoms with E-state index in [1.807, 2.05) is 34.1 Å². The monoisotopic (exact) mass is 423 g/mol. The van der Waals surface area contributed by atoms with Crippen molar-refractivity contribution in [2.45, 2.75) is 51.0 Å². The Morgan fingerprint density at radius 3 is 2.06 bits per heavy atom. The van der Waals surface area contributed by atoms with Crippen molar-refractivity contribution in [2.24, 2.45) is 5.92 Å². The van der Waals surface area contributed by atoms with Gasteiger partial charge in [-0.2, -0.15) is 5.26 Å². The summed E-state index contributed by atoms with van der Waals surface area (Å²) in [6.07, 6.45) is 7.47. The van der Waals surface area contributed by atoms with E-state index in [-0.39, 0.29) is 18.0 Å². The second kappa shape index (κ2) is 10.0. The highest BCUT2D eigenvalue weighted by Crippen LogP contribution is 2.26. The van der Waals surface area contributed by atoms with Crippen LogP contribution in [-0.2, 0) is 4.79 Å². The molecule has 1 saturated carbocycles. The first-order valence-electron chi connectivity index (χ1n) is 11.7. The zero-order chi connectivity index (χ0) is 21.6. The third-order valence-corrected chi connectivity index (χ3v) is 7.02. The minimum absolute atomic E-state index is 0.00147. The van der Waals surface area contributed by atoms with Gasteiger partial charge in [0.1, 0.15) is 0 Å². The van der Waals surface area contributed by atoms with Crippen molar-refractivity contribution in [2.75, 3.05) is 44.2 Å². The van der Waals surface area contributed by atoms with Crippen LogP contribution in [0.2, 0.25) is 0 Å². The number of carbonyl (C=O) groups excluding carboxylic acids is 2. The molecule has 2 aliphatic heterocycles. The van der Waals surface area contributed by atoms with Crippen molar-refractivity contribution in [1.29, 1.82) is 5.26 Å². The molecule has 7 nitrogen and oxygen atoms in total. The highest BCUT2D eigenvalue weighted by atomic mass is 16.2. The van der Waals surface area contributed by atoms with Crippen LogP contribution in [0.4, 0.5) is 10.5 Å². The van der Waals surface area contributed by atoms with Crippen LogP contribution in [-0.4, -0.2) is 67.0 Å². The SMILES string of the molecule is N#Cc1ccc(N2CCC(NC(=O)N3CCN(C(=O)C4CCCCC4)CC3)CC2)cc1. The van der Waals surface area contributed by atoms with E-state index in [0.29, 0.717) is 37.6 Å². The summed E-state index contributed by atoms with van der Waals surface area (Å²) in [5, 5.41) is 12.1. The topological polar surface area (TPSA) is 79.7 Å². The molecule has 7 heteroatoms. The Morgan fingerprint density at radius 1 is 0.839 bits per heavy atom. The van der Waals surface area contributed by atoms with E-state index < -0.39 is 0 Å². The number of nitrogens with zero attached hydrogens (tertiary/aromatic N) is 4. The normalized spacial score (nSPS) is 20.9. The zero-order valence-corrected chi connectivity index (χ0v) is 18.3. The van der Waals surface area contributed by atoms with Gasteiger partial charge in [-0.1, -0.05) is 19.3 Å². The van der Waals surface area contributed by atoms with E-state index in [2.05, 4.69) is 16.3 Å². The third-order valence-electron chi connectivity index (χ3n) is 7.02. The minimum Gasteiger partial charge on any atom is -0.371 e. The number of piperidine rings is 1. The Labute approximate surface area is 185 Å². The fraction of sp³-hybridized carbons (Fsp3) is 0.625. The van der Waals surface area contributed by atoms with Crippen molar-refractivity contribution in [3.05, 3.63) is 29.8 Å². The Bertz CT molecular complexity index is 796. The molecular formula is C24H33N5O2. The van der Waals surface area contributed by atoms with Gasteiger partial charge < -0.3 is 20.0 Å². The van der Waals surface area contributed by atoms with Crippen molar-refractivity contribution in [3.63, 3.8) is 0 Å². The molecule has 1 aliphatic carbocycles. The summed E-state index contributed by atoms with van der Waals surface area (Å²) in [5.41, 5.74) is 1.80. The number of rotatable bonds is 3. The Balaban J connectivity index is 1.19. The van der Waals surface area contributed by atoms with Crippen LogP contribution in [0.3, 0.4) is 0 Å². The van der Waals surface area contributed by atoms with Gasteiger partial charge in [-0.15, -0.1) is 0 Å². The standard InChI is InChI=1S/C24H33N5O2/c25-18-19-6-8-22(9-7-19)27-12-10-21(11-13-27)26-24(31)29-16-14-28(15-17-29)23(30)20-4-2-1-3-5-20/h6-9,20-21H,1-5,10-17H2,(H,26,31). The summed E-state index contributed by atoms with van der Waals surface area (Å²) in [6, 6.07) is 10.0. The zero-order valence-electron chi connectivity index (χ0n) is 18.3. The fourth-order valence-electron chi connectivity index (χ4n) is 5.03. The van der Waals surface area contributed by atoms with E-state index in [0.717, 1.165) is 44.5 Å². The molecule has 1 aromatic carbocycles. The van der Waals surface area contributed by atoms with E-state index >= 15 is 0 Å². The van der Waals surface area contributed by atoms with Gasteiger partial charge in [0.15, 0.2) is 0 Å². The van der Waals surface area contributed by atoms with Crippen molar-refractivity contribution in [3.8, 4) is 6.07 Å². The Kier molecular flexibility index (Phi) is 6.96. The molecule has 4 rings (SSSR count). The van der Waals surface area contributed by atoms with Gasteiger partial charge >= 0.3 is 6.03 Å². The number of urea groups is 1. The van der Waals surface area contributed by atoms with Crippen LogP contribution in [0.1, 0.15) is 50.5 Å². The molecule has 0 radical (unpaired) electrons. The molecule has 0 atom stereocenters. The molecule has 1 aromatic rings. The second-order valence-electron chi connectivity index (χ2n) is 9.02. The van der Waals surface area contributed by atoms with Crippen molar-refractivity contribution >= 4 is 17.6 Å². The fourth-order valence-corrected chi connectivity index (χ4v) is 5.03. The number of hydrogen-bond acceptors (Lipinski definition) is 4. The van der Waals surface area contributed by atoms with Gasteiger partial charge in [-0.05, 0) is 49.9 Å². The molecule has 0 bridgehead atoms. The van der Waals surface area contributed by atoms with E-state index in [1.54, 1.807) is 0 Å². The molecule has 3 aliphatic rings. The van der Waals surface area contributed by atoms with Crippen LogP contribution in [0.15, 0.2) is 24.3 Å². The third kappa shape index (κ3) is 5.30. The molecule has 166 valence electrons. The number of nitrogens with one attached hydrogen (secondary N) is 1. The highest BCUT2D eigenvalue weighted by molar-refractivity contribution is 5.80. The Morgan fingerprint density at radius 2 is 1.45 bits per heavy atom. The van der Waals surface area contributed by atoms with E-state index in [9.17, 15) is 9.59 Å². The van der Waals surface area contributed by atoms with Gasteiger partial charge in [0.2, 0.25) is 5.91 Å². The number of carbonyl (C=O) groups is 2. The minimum atomic E-state index is 0.00147. The van der Waals surface area contributed by atoms with Gasteiger partial charge in [-0.3, -0.25) is 4.79 Å². The van der Waals surface area contributed by atoms with Crippen LogP contribution < -0.4 is 10.2 Å². The lowest BCUT2D eigenvalue weighted by Crippen LogP contribution is -2.56. The number of hydrogen-bond donors (Lipinski definition) is 1. The summed E-state index contributed by atoms with van der Waals surface area (Å²) in [5.74, 6) is 0.505. The lowest BCUT2D eigenvalue weighted by molar-refractivity contribution is -0.138. The molecular weight excluding hydrogens is 390 g/mol. The Hall–Kier alpha value is -2.75. The number of amides is 3. The van der Waals surface area contributed by atoms with Crippen LogP contribution in [0, 0.1) is 17.2 Å². The average Bonchev–Trinajstić information content (AvgIpc) is 2.85. The molecule has 2 saturated heterocycles. The first-order chi connectivity index (χ1) is 15.1. The highest BCUT2D eigenvalue weighted by Gasteiger charge is 2.30. The summed E-state index contributed by atoms with van der Waals surface area (Å²) < 4.78 is 0. The van der Waals surface area contributed by atoms with E-state index in [4.69, 9.17) is 5.26 Å².